The van der Waals surface area contributed by atoms with Crippen LogP contribution in [-0.4, -0.2) is 46.4 Å². The van der Waals surface area contributed by atoms with Crippen LogP contribution in [0.1, 0.15) is 42.4 Å². The third kappa shape index (κ3) is 7.18. The fourth-order valence-electron chi connectivity index (χ4n) is 6.89. The number of hydrogen-bond acceptors (Lipinski definition) is 6. The Bertz CT molecular complexity index is 2170. The molecule has 2 fully saturated rings. The summed E-state index contributed by atoms with van der Waals surface area (Å²) in [5, 5.41) is 13.9. The van der Waals surface area contributed by atoms with Gasteiger partial charge in [-0.25, -0.2) is 4.98 Å². The van der Waals surface area contributed by atoms with Crippen LogP contribution in [0.4, 0.5) is 0 Å². The molecule has 2 aliphatic heterocycles. The smallest absolute Gasteiger partial charge is 0.262 e. The first kappa shape index (κ1) is 33.9. The molecule has 0 bridgehead atoms. The number of carbonyl (C=O) groups is 2. The molecular formula is C39H38Cl2N6O3. The Balaban J connectivity index is 1.09. The number of nitrogens with one attached hydrogen (secondary N) is 4. The molecule has 0 spiro atoms. The van der Waals surface area contributed by atoms with Crippen molar-refractivity contribution in [2.24, 2.45) is 0 Å². The molecule has 2 aromatic heterocycles. The van der Waals surface area contributed by atoms with Gasteiger partial charge in [-0.15, -0.1) is 0 Å². The zero-order valence-corrected chi connectivity index (χ0v) is 29.2. The third-order valence-electron chi connectivity index (χ3n) is 9.66. The molecule has 4 heterocycles. The van der Waals surface area contributed by atoms with Crippen LogP contribution in [0.5, 0.6) is 0 Å². The molecule has 0 radical (unpaired) electrons. The molecule has 256 valence electrons. The summed E-state index contributed by atoms with van der Waals surface area (Å²) in [4.78, 5) is 40.8. The maximum Gasteiger partial charge on any atom is 0.262 e. The number of nitrogens with zero attached hydrogens (tertiary/aromatic N) is 2. The van der Waals surface area contributed by atoms with Gasteiger partial charge >= 0.3 is 0 Å². The summed E-state index contributed by atoms with van der Waals surface area (Å²) in [5.41, 5.74) is 8.72. The van der Waals surface area contributed by atoms with Gasteiger partial charge in [-0.1, -0.05) is 71.7 Å². The molecule has 2 amide bonds. The van der Waals surface area contributed by atoms with Crippen LogP contribution in [0.2, 0.25) is 10.0 Å². The van der Waals surface area contributed by atoms with Crippen LogP contribution in [0, 0.1) is 6.92 Å². The van der Waals surface area contributed by atoms with E-state index >= 15 is 0 Å². The molecule has 9 nitrogen and oxygen atoms in total. The SMILES string of the molecule is Cc1c(-c2ccn3c(=O)c(CNC[C@H]4CCC(=O)N4)cnc3c2)cccc1-c1cccc(-c2ccc(CNC[C@@H]3CCC(=O)N3)c(Cl)c2)c1Cl. The third-order valence-corrected chi connectivity index (χ3v) is 10.4. The molecule has 2 aliphatic rings. The van der Waals surface area contributed by atoms with Gasteiger partial charge in [-0.3, -0.25) is 18.8 Å². The lowest BCUT2D eigenvalue weighted by molar-refractivity contribution is -0.120. The number of pyridine rings is 1. The Morgan fingerprint density at radius 1 is 0.760 bits per heavy atom. The topological polar surface area (TPSA) is 117 Å². The second-order valence-electron chi connectivity index (χ2n) is 13.1. The number of carbonyl (C=O) groups excluding carboxylic acids is 2. The van der Waals surface area contributed by atoms with Gasteiger partial charge in [-0.05, 0) is 71.3 Å². The van der Waals surface area contributed by atoms with E-state index in [9.17, 15) is 14.4 Å². The van der Waals surface area contributed by atoms with Crippen molar-refractivity contribution >= 4 is 40.7 Å². The Kier molecular flexibility index (Phi) is 10.0. The average molecular weight is 710 g/mol. The van der Waals surface area contributed by atoms with Crippen molar-refractivity contribution in [1.82, 2.24) is 30.7 Å². The summed E-state index contributed by atoms with van der Waals surface area (Å²) in [6.45, 7) is 4.36. The van der Waals surface area contributed by atoms with E-state index in [2.05, 4.69) is 45.3 Å². The largest absolute Gasteiger partial charge is 0.352 e. The summed E-state index contributed by atoms with van der Waals surface area (Å²) in [7, 11) is 0. The van der Waals surface area contributed by atoms with Crippen LogP contribution in [-0.2, 0) is 22.7 Å². The Morgan fingerprint density at radius 2 is 1.38 bits per heavy atom. The standard InChI is InChI=1S/C39H38Cl2N6O3/c1-23-30(25-14-15-47-35(17-25)44-20-27(39(47)50)19-43-22-29-11-13-37(49)46-29)4-2-5-31(23)33-7-3-6-32(38(33)41)24-8-9-26(34(40)16-24)18-42-21-28-10-12-36(48)45-28/h2-9,14-17,20,28-29,42-43H,10-13,18-19,21-22H2,1H3,(H,45,48)(H,46,49)/t28-,29+/m0/s1. The normalized spacial score (nSPS) is 17.3. The van der Waals surface area contributed by atoms with E-state index in [0.29, 0.717) is 60.3 Å². The molecule has 0 unspecified atom stereocenters. The Morgan fingerprint density at radius 3 is 2.04 bits per heavy atom. The van der Waals surface area contributed by atoms with Gasteiger partial charge in [0.05, 0.1) is 5.02 Å². The van der Waals surface area contributed by atoms with E-state index in [1.807, 2.05) is 54.6 Å². The van der Waals surface area contributed by atoms with Gasteiger partial charge in [0.2, 0.25) is 11.8 Å². The highest BCUT2D eigenvalue weighted by Gasteiger charge is 2.21. The second kappa shape index (κ2) is 14.7. The molecular weight excluding hydrogens is 671 g/mol. The van der Waals surface area contributed by atoms with Crippen LogP contribution < -0.4 is 26.8 Å². The number of halogens is 2. The summed E-state index contributed by atoms with van der Waals surface area (Å²) in [5.74, 6) is 0.180. The maximum absolute atomic E-state index is 13.3. The first-order chi connectivity index (χ1) is 24.2. The van der Waals surface area contributed by atoms with Gasteiger partial charge in [0.25, 0.3) is 5.56 Å². The highest BCUT2D eigenvalue weighted by molar-refractivity contribution is 6.36. The van der Waals surface area contributed by atoms with E-state index in [1.165, 1.54) is 0 Å². The number of amides is 2. The number of fused-ring (bicyclic) bond motifs is 1. The van der Waals surface area contributed by atoms with Gasteiger partial charge in [0.1, 0.15) is 5.65 Å². The molecule has 50 heavy (non-hydrogen) atoms. The van der Waals surface area contributed by atoms with E-state index in [0.717, 1.165) is 57.3 Å². The van der Waals surface area contributed by atoms with E-state index < -0.39 is 0 Å². The van der Waals surface area contributed by atoms with Crippen molar-refractivity contribution in [3.05, 3.63) is 116 Å². The van der Waals surface area contributed by atoms with E-state index in [4.69, 9.17) is 23.2 Å². The summed E-state index contributed by atoms with van der Waals surface area (Å²) < 4.78 is 1.57. The number of aromatic nitrogens is 2. The lowest BCUT2D eigenvalue weighted by Gasteiger charge is -2.16. The quantitative estimate of drug-likeness (QED) is 0.133. The molecule has 2 saturated heterocycles. The van der Waals surface area contributed by atoms with E-state index in [-0.39, 0.29) is 29.5 Å². The highest BCUT2D eigenvalue weighted by Crippen LogP contribution is 2.40. The van der Waals surface area contributed by atoms with Crippen molar-refractivity contribution in [3.63, 3.8) is 0 Å². The van der Waals surface area contributed by atoms with Gasteiger partial charge in [0.15, 0.2) is 0 Å². The van der Waals surface area contributed by atoms with E-state index in [1.54, 1.807) is 16.8 Å². The fraction of sp³-hybridized carbons (Fsp3) is 0.282. The van der Waals surface area contributed by atoms with Crippen LogP contribution in [0.3, 0.4) is 0 Å². The summed E-state index contributed by atoms with van der Waals surface area (Å²) in [6, 6.07) is 22.3. The predicted molar refractivity (Wildman–Crippen MR) is 198 cm³/mol. The molecule has 2 atom stereocenters. The van der Waals surface area contributed by atoms with Crippen molar-refractivity contribution in [2.45, 2.75) is 57.8 Å². The molecule has 0 saturated carbocycles. The minimum atomic E-state index is -0.123. The lowest BCUT2D eigenvalue weighted by atomic mass is 9.91. The Labute approximate surface area is 300 Å². The van der Waals surface area contributed by atoms with Crippen LogP contribution >= 0.6 is 23.2 Å². The van der Waals surface area contributed by atoms with Crippen LogP contribution in [0.15, 0.2) is 83.9 Å². The van der Waals surface area contributed by atoms with Gasteiger partial charge < -0.3 is 21.3 Å². The van der Waals surface area contributed by atoms with Crippen molar-refractivity contribution in [2.75, 3.05) is 13.1 Å². The molecule has 3 aromatic carbocycles. The van der Waals surface area contributed by atoms with Gasteiger partial charge in [-0.2, -0.15) is 0 Å². The van der Waals surface area contributed by atoms with Crippen molar-refractivity contribution in [1.29, 1.82) is 0 Å². The fourth-order valence-corrected chi connectivity index (χ4v) is 7.47. The molecule has 4 N–H and O–H groups in total. The highest BCUT2D eigenvalue weighted by atomic mass is 35.5. The summed E-state index contributed by atoms with van der Waals surface area (Å²) >= 11 is 13.9. The van der Waals surface area contributed by atoms with Crippen molar-refractivity contribution in [3.8, 4) is 33.4 Å². The molecule has 5 aromatic rings. The first-order valence-corrected chi connectivity index (χ1v) is 17.7. The minimum absolute atomic E-state index is 0.0720. The number of rotatable bonds is 11. The predicted octanol–water partition coefficient (Wildman–Crippen LogP) is 6.05. The Hall–Kier alpha value is -4.54. The zero-order chi connectivity index (χ0) is 34.8. The average Bonchev–Trinajstić information content (AvgIpc) is 3.73. The number of hydrogen-bond donors (Lipinski definition) is 4. The molecule has 0 aliphatic carbocycles. The monoisotopic (exact) mass is 708 g/mol. The first-order valence-electron chi connectivity index (χ1n) is 16.9. The number of benzene rings is 3. The van der Waals surface area contributed by atoms with Crippen molar-refractivity contribution < 1.29 is 9.59 Å². The lowest BCUT2D eigenvalue weighted by Crippen LogP contribution is -2.36. The minimum Gasteiger partial charge on any atom is -0.352 e. The second-order valence-corrected chi connectivity index (χ2v) is 13.8. The van der Waals surface area contributed by atoms with Crippen LogP contribution in [0.25, 0.3) is 39.0 Å². The van der Waals surface area contributed by atoms with Gasteiger partial charge in [0, 0.05) is 85.2 Å². The maximum atomic E-state index is 13.3. The molecule has 11 heteroatoms. The zero-order valence-electron chi connectivity index (χ0n) is 27.7. The molecule has 7 rings (SSSR count). The summed E-state index contributed by atoms with van der Waals surface area (Å²) in [6.07, 6.45) is 6.18.